The van der Waals surface area contributed by atoms with Gasteiger partial charge < -0.3 is 4.90 Å². The number of carbonyl (C=O) groups excluding carboxylic acids is 1. The van der Waals surface area contributed by atoms with Gasteiger partial charge in [0.15, 0.2) is 0 Å². The number of hydrogen-bond donors (Lipinski definition) is 0. The zero-order valence-corrected chi connectivity index (χ0v) is 17.2. The largest absolute Gasteiger partial charge is 0.339 e. The van der Waals surface area contributed by atoms with Crippen LogP contribution in [0.2, 0.25) is 0 Å². The minimum Gasteiger partial charge on any atom is -0.339 e. The molecule has 0 saturated carbocycles. The quantitative estimate of drug-likeness (QED) is 0.467. The number of aromatic nitrogens is 1. The molecule has 1 amide bonds. The second-order valence-electron chi connectivity index (χ2n) is 7.34. The van der Waals surface area contributed by atoms with Crippen LogP contribution >= 0.6 is 0 Å². The average Bonchev–Trinajstić information content (AvgIpc) is 2.73. The fourth-order valence-electron chi connectivity index (χ4n) is 3.63. The lowest BCUT2D eigenvalue weighted by molar-refractivity contribution is 0.0752. The number of rotatable bonds is 8. The molecule has 3 nitrogen and oxygen atoms in total. The zero-order chi connectivity index (χ0) is 19.9. The van der Waals surface area contributed by atoms with Gasteiger partial charge in [-0.05, 0) is 31.4 Å². The number of pyridine rings is 1. The zero-order valence-electron chi connectivity index (χ0n) is 17.2. The molecule has 0 fully saturated rings. The number of fused-ring (bicyclic) bond motifs is 1. The molecule has 0 aliphatic rings. The standard InChI is InChI=1S/C25H30N2O/c1-4-6-17-27(18-7-5-2)25(28)23-19(3)24(20-13-9-8-10-14-20)26-22-16-12-11-15-21(22)23/h8-16H,4-7,17-18H2,1-3H3. The SMILES string of the molecule is CCCCN(CCCC)C(=O)c1c(C)c(-c2ccccc2)nc2ccccc12. The van der Waals surface area contributed by atoms with E-state index in [1.165, 1.54) is 0 Å². The van der Waals surface area contributed by atoms with Crippen molar-refractivity contribution in [3.8, 4) is 11.3 Å². The molecule has 146 valence electrons. The molecule has 3 aromatic rings. The van der Waals surface area contributed by atoms with E-state index < -0.39 is 0 Å². The number of nitrogens with zero attached hydrogens (tertiary/aromatic N) is 2. The Balaban J connectivity index is 2.14. The molecule has 1 heterocycles. The molecule has 0 radical (unpaired) electrons. The van der Waals surface area contributed by atoms with Crippen LogP contribution in [0.5, 0.6) is 0 Å². The van der Waals surface area contributed by atoms with Crippen LogP contribution in [-0.2, 0) is 0 Å². The molecule has 3 rings (SSSR count). The van der Waals surface area contributed by atoms with Crippen molar-refractivity contribution < 1.29 is 4.79 Å². The highest BCUT2D eigenvalue weighted by Gasteiger charge is 2.22. The van der Waals surface area contributed by atoms with Gasteiger partial charge in [0.05, 0.1) is 16.8 Å². The van der Waals surface area contributed by atoms with Gasteiger partial charge in [-0.2, -0.15) is 0 Å². The Bertz CT molecular complexity index is 926. The van der Waals surface area contributed by atoms with E-state index in [0.29, 0.717) is 0 Å². The molecule has 0 bridgehead atoms. The van der Waals surface area contributed by atoms with Gasteiger partial charge >= 0.3 is 0 Å². The van der Waals surface area contributed by atoms with Crippen molar-refractivity contribution in [3.05, 3.63) is 65.7 Å². The van der Waals surface area contributed by atoms with E-state index in [2.05, 4.69) is 26.0 Å². The number of hydrogen-bond acceptors (Lipinski definition) is 2. The second kappa shape index (κ2) is 9.50. The smallest absolute Gasteiger partial charge is 0.254 e. The van der Waals surface area contributed by atoms with Crippen molar-refractivity contribution in [1.29, 1.82) is 0 Å². The molecule has 0 unspecified atom stereocenters. The van der Waals surface area contributed by atoms with Crippen LogP contribution in [0, 0.1) is 6.92 Å². The Morgan fingerprint density at radius 2 is 1.50 bits per heavy atom. The lowest BCUT2D eigenvalue weighted by atomic mass is 9.96. The van der Waals surface area contributed by atoms with Crippen LogP contribution in [0.1, 0.15) is 55.5 Å². The van der Waals surface area contributed by atoms with E-state index in [9.17, 15) is 4.79 Å². The predicted octanol–water partition coefficient (Wildman–Crippen LogP) is 6.25. The molecule has 3 heteroatoms. The summed E-state index contributed by atoms with van der Waals surface area (Å²) in [6.45, 7) is 8.00. The first-order valence-corrected chi connectivity index (χ1v) is 10.4. The first kappa shape index (κ1) is 20.1. The van der Waals surface area contributed by atoms with Crippen molar-refractivity contribution in [1.82, 2.24) is 9.88 Å². The third kappa shape index (κ3) is 4.24. The molecular weight excluding hydrogens is 344 g/mol. The lowest BCUT2D eigenvalue weighted by Crippen LogP contribution is -2.33. The highest BCUT2D eigenvalue weighted by Crippen LogP contribution is 2.30. The average molecular weight is 375 g/mol. The van der Waals surface area contributed by atoms with E-state index in [0.717, 1.165) is 72.1 Å². The minimum atomic E-state index is 0.134. The van der Waals surface area contributed by atoms with Crippen LogP contribution in [0.15, 0.2) is 54.6 Å². The lowest BCUT2D eigenvalue weighted by Gasteiger charge is -2.25. The Kier molecular flexibility index (Phi) is 6.80. The van der Waals surface area contributed by atoms with Crippen molar-refractivity contribution in [2.24, 2.45) is 0 Å². The summed E-state index contributed by atoms with van der Waals surface area (Å²) < 4.78 is 0. The normalized spacial score (nSPS) is 11.0. The summed E-state index contributed by atoms with van der Waals surface area (Å²) >= 11 is 0. The van der Waals surface area contributed by atoms with E-state index in [1.807, 2.05) is 54.3 Å². The van der Waals surface area contributed by atoms with Gasteiger partial charge in [0.25, 0.3) is 5.91 Å². The van der Waals surface area contributed by atoms with E-state index >= 15 is 0 Å². The fraction of sp³-hybridized carbons (Fsp3) is 0.360. The second-order valence-corrected chi connectivity index (χ2v) is 7.34. The maximum absolute atomic E-state index is 13.7. The van der Waals surface area contributed by atoms with E-state index in [4.69, 9.17) is 4.98 Å². The Labute approximate surface area is 168 Å². The molecular formula is C25H30N2O. The predicted molar refractivity (Wildman–Crippen MR) is 118 cm³/mol. The molecule has 28 heavy (non-hydrogen) atoms. The first-order valence-electron chi connectivity index (χ1n) is 10.4. The first-order chi connectivity index (χ1) is 13.7. The molecule has 0 saturated heterocycles. The van der Waals surface area contributed by atoms with Gasteiger partial charge in [0.2, 0.25) is 0 Å². The number of amides is 1. The highest BCUT2D eigenvalue weighted by molar-refractivity contribution is 6.08. The van der Waals surface area contributed by atoms with Crippen molar-refractivity contribution in [2.45, 2.75) is 46.5 Å². The summed E-state index contributed by atoms with van der Waals surface area (Å²) in [5, 5.41) is 0.947. The maximum Gasteiger partial charge on any atom is 0.254 e. The summed E-state index contributed by atoms with van der Waals surface area (Å²) in [5.41, 5.74) is 4.59. The van der Waals surface area contributed by atoms with Crippen molar-refractivity contribution >= 4 is 16.8 Å². The number of unbranched alkanes of at least 4 members (excludes halogenated alkanes) is 2. The summed E-state index contributed by atoms with van der Waals surface area (Å²) in [5.74, 6) is 0.134. The Hall–Kier alpha value is -2.68. The maximum atomic E-state index is 13.7. The van der Waals surface area contributed by atoms with Crippen LogP contribution < -0.4 is 0 Å². The van der Waals surface area contributed by atoms with Gasteiger partial charge in [-0.15, -0.1) is 0 Å². The van der Waals surface area contributed by atoms with E-state index in [1.54, 1.807) is 0 Å². The highest BCUT2D eigenvalue weighted by atomic mass is 16.2. The summed E-state index contributed by atoms with van der Waals surface area (Å²) in [6.07, 6.45) is 4.23. The molecule has 0 aliphatic carbocycles. The fourth-order valence-corrected chi connectivity index (χ4v) is 3.63. The molecule has 1 aromatic heterocycles. The minimum absolute atomic E-state index is 0.134. The Morgan fingerprint density at radius 3 is 2.14 bits per heavy atom. The van der Waals surface area contributed by atoms with Gasteiger partial charge in [-0.3, -0.25) is 4.79 Å². The number of para-hydroxylation sites is 1. The monoisotopic (exact) mass is 374 g/mol. The summed E-state index contributed by atoms with van der Waals surface area (Å²) in [7, 11) is 0. The van der Waals surface area contributed by atoms with Crippen LogP contribution in [0.3, 0.4) is 0 Å². The molecule has 2 aromatic carbocycles. The molecule has 0 aliphatic heterocycles. The number of benzene rings is 2. The van der Waals surface area contributed by atoms with Crippen molar-refractivity contribution in [2.75, 3.05) is 13.1 Å². The van der Waals surface area contributed by atoms with Gasteiger partial charge in [-0.25, -0.2) is 4.98 Å². The van der Waals surface area contributed by atoms with Crippen LogP contribution in [0.4, 0.5) is 0 Å². The van der Waals surface area contributed by atoms with E-state index in [-0.39, 0.29) is 5.91 Å². The third-order valence-electron chi connectivity index (χ3n) is 5.25. The Morgan fingerprint density at radius 1 is 0.893 bits per heavy atom. The molecule has 0 N–H and O–H groups in total. The van der Waals surface area contributed by atoms with Crippen molar-refractivity contribution in [3.63, 3.8) is 0 Å². The van der Waals surface area contributed by atoms with Crippen LogP contribution in [0.25, 0.3) is 22.2 Å². The number of carbonyl (C=O) groups is 1. The van der Waals surface area contributed by atoms with Gasteiger partial charge in [0.1, 0.15) is 0 Å². The van der Waals surface area contributed by atoms with Gasteiger partial charge in [-0.1, -0.05) is 75.2 Å². The summed E-state index contributed by atoms with van der Waals surface area (Å²) in [4.78, 5) is 20.6. The van der Waals surface area contributed by atoms with Crippen LogP contribution in [-0.4, -0.2) is 28.9 Å². The topological polar surface area (TPSA) is 33.2 Å². The van der Waals surface area contributed by atoms with Gasteiger partial charge in [0, 0.05) is 24.0 Å². The summed E-state index contributed by atoms with van der Waals surface area (Å²) in [6, 6.07) is 18.2. The molecule has 0 spiro atoms. The molecule has 0 atom stereocenters. The third-order valence-corrected chi connectivity index (χ3v) is 5.25.